The number of anilines is 1. The summed E-state index contributed by atoms with van der Waals surface area (Å²) < 4.78 is 5.73. The molecule has 0 bridgehead atoms. The zero-order valence-electron chi connectivity index (χ0n) is 12.2. The number of rotatable bonds is 4. The predicted octanol–water partition coefficient (Wildman–Crippen LogP) is 2.62. The van der Waals surface area contributed by atoms with E-state index in [1.165, 1.54) is 0 Å². The van der Waals surface area contributed by atoms with Crippen LogP contribution in [0.2, 0.25) is 5.02 Å². The van der Waals surface area contributed by atoms with Crippen LogP contribution in [0, 0.1) is 0 Å². The van der Waals surface area contributed by atoms with Crippen LogP contribution in [0.3, 0.4) is 0 Å². The van der Waals surface area contributed by atoms with Crippen molar-refractivity contribution in [2.45, 2.75) is 12.5 Å². The molecular weight excluding hydrogens is 316 g/mol. The molecule has 1 saturated heterocycles. The van der Waals surface area contributed by atoms with Crippen molar-refractivity contribution in [1.82, 2.24) is 0 Å². The normalized spacial score (nSPS) is 17.3. The van der Waals surface area contributed by atoms with E-state index in [0.717, 1.165) is 5.69 Å². The molecule has 2 aromatic rings. The molecular formula is C17H15ClN2O3. The summed E-state index contributed by atoms with van der Waals surface area (Å²) in [7, 11) is 0. The molecule has 2 N–H and O–H groups in total. The number of benzene rings is 2. The highest BCUT2D eigenvalue weighted by Crippen LogP contribution is 2.26. The maximum atomic E-state index is 12.5. The number of ether oxygens (including phenoxy) is 1. The molecule has 1 aliphatic rings. The topological polar surface area (TPSA) is 72.6 Å². The lowest BCUT2D eigenvalue weighted by Crippen LogP contribution is -2.32. The van der Waals surface area contributed by atoms with E-state index in [-0.39, 0.29) is 5.91 Å². The van der Waals surface area contributed by atoms with Gasteiger partial charge in [0.05, 0.1) is 0 Å². The number of halogens is 1. The summed E-state index contributed by atoms with van der Waals surface area (Å²) >= 11 is 5.86. The number of primary amides is 1. The smallest absolute Gasteiger partial charge is 0.268 e. The fourth-order valence-electron chi connectivity index (χ4n) is 2.50. The summed E-state index contributed by atoms with van der Waals surface area (Å²) in [5.41, 5.74) is 6.39. The van der Waals surface area contributed by atoms with Crippen molar-refractivity contribution in [2.24, 2.45) is 5.73 Å². The van der Waals surface area contributed by atoms with E-state index in [1.54, 1.807) is 41.3 Å². The highest BCUT2D eigenvalue weighted by atomic mass is 35.5. The fraction of sp³-hybridized carbons (Fsp3) is 0.176. The number of carbonyl (C=O) groups is 2. The molecule has 3 rings (SSSR count). The molecule has 2 aromatic carbocycles. The SMILES string of the molecule is NC(=O)c1ccc(O[C@@H]2CCN(c3ccc(Cl)cc3)C2=O)cc1. The van der Waals surface area contributed by atoms with Gasteiger partial charge >= 0.3 is 0 Å². The molecule has 1 atom stereocenters. The summed E-state index contributed by atoms with van der Waals surface area (Å²) in [5.74, 6) is -0.0555. The third-order valence-corrected chi connectivity index (χ3v) is 3.96. The summed E-state index contributed by atoms with van der Waals surface area (Å²) in [5, 5.41) is 0.628. The second-order valence-corrected chi connectivity index (χ2v) is 5.69. The fourth-order valence-corrected chi connectivity index (χ4v) is 2.63. The summed E-state index contributed by atoms with van der Waals surface area (Å²) in [6.45, 7) is 0.588. The Hall–Kier alpha value is -2.53. The molecule has 0 spiro atoms. The van der Waals surface area contributed by atoms with E-state index in [4.69, 9.17) is 22.1 Å². The highest BCUT2D eigenvalue weighted by Gasteiger charge is 2.34. The average Bonchev–Trinajstić information content (AvgIpc) is 2.90. The van der Waals surface area contributed by atoms with Crippen LogP contribution >= 0.6 is 11.6 Å². The van der Waals surface area contributed by atoms with Gasteiger partial charge in [-0.3, -0.25) is 9.59 Å². The van der Waals surface area contributed by atoms with E-state index in [0.29, 0.717) is 29.3 Å². The van der Waals surface area contributed by atoms with E-state index >= 15 is 0 Å². The van der Waals surface area contributed by atoms with Gasteiger partial charge in [0.25, 0.3) is 5.91 Å². The van der Waals surface area contributed by atoms with Gasteiger partial charge in [0.15, 0.2) is 6.10 Å². The molecule has 0 aliphatic carbocycles. The molecule has 2 amide bonds. The molecule has 0 unspecified atom stereocenters. The van der Waals surface area contributed by atoms with Crippen LogP contribution in [0.1, 0.15) is 16.8 Å². The van der Waals surface area contributed by atoms with E-state index < -0.39 is 12.0 Å². The second-order valence-electron chi connectivity index (χ2n) is 5.25. The van der Waals surface area contributed by atoms with Gasteiger partial charge in [-0.1, -0.05) is 11.6 Å². The molecule has 118 valence electrons. The van der Waals surface area contributed by atoms with Crippen LogP contribution in [0.4, 0.5) is 5.69 Å². The third kappa shape index (κ3) is 3.29. The van der Waals surface area contributed by atoms with Crippen LogP contribution in [0.25, 0.3) is 0 Å². The van der Waals surface area contributed by atoms with Crippen LogP contribution in [-0.4, -0.2) is 24.5 Å². The number of carbonyl (C=O) groups excluding carboxylic acids is 2. The molecule has 5 nitrogen and oxygen atoms in total. The van der Waals surface area contributed by atoms with Gasteiger partial charge in [0.2, 0.25) is 5.91 Å². The Labute approximate surface area is 138 Å². The minimum atomic E-state index is -0.537. The number of amides is 2. The van der Waals surface area contributed by atoms with Crippen molar-refractivity contribution >= 4 is 29.1 Å². The maximum absolute atomic E-state index is 12.5. The quantitative estimate of drug-likeness (QED) is 0.936. The lowest BCUT2D eigenvalue weighted by Gasteiger charge is -2.17. The van der Waals surface area contributed by atoms with Gasteiger partial charge in [-0.15, -0.1) is 0 Å². The average molecular weight is 331 g/mol. The Bertz CT molecular complexity index is 729. The van der Waals surface area contributed by atoms with E-state index in [1.807, 2.05) is 12.1 Å². The number of nitrogens with zero attached hydrogens (tertiary/aromatic N) is 1. The number of nitrogens with two attached hydrogens (primary N) is 1. The Morgan fingerprint density at radius 2 is 1.78 bits per heavy atom. The van der Waals surface area contributed by atoms with Crippen molar-refractivity contribution in [2.75, 3.05) is 11.4 Å². The van der Waals surface area contributed by atoms with Crippen LogP contribution in [-0.2, 0) is 4.79 Å². The highest BCUT2D eigenvalue weighted by molar-refractivity contribution is 6.30. The predicted molar refractivity (Wildman–Crippen MR) is 87.8 cm³/mol. The molecule has 23 heavy (non-hydrogen) atoms. The largest absolute Gasteiger partial charge is 0.481 e. The van der Waals surface area contributed by atoms with Crippen molar-refractivity contribution < 1.29 is 14.3 Å². The standard InChI is InChI=1S/C17H15ClN2O3/c18-12-3-5-13(6-4-12)20-10-9-15(17(20)22)23-14-7-1-11(2-8-14)16(19)21/h1-8,15H,9-10H2,(H2,19,21)/t15-/m1/s1. The first-order valence-electron chi connectivity index (χ1n) is 7.18. The number of hydrogen-bond acceptors (Lipinski definition) is 3. The monoisotopic (exact) mass is 330 g/mol. The summed E-state index contributed by atoms with van der Waals surface area (Å²) in [6, 6.07) is 13.6. The lowest BCUT2D eigenvalue weighted by atomic mass is 10.2. The Kier molecular flexibility index (Phi) is 4.21. The van der Waals surface area contributed by atoms with Crippen LogP contribution < -0.4 is 15.4 Å². The molecule has 6 heteroatoms. The molecule has 1 aliphatic heterocycles. The van der Waals surface area contributed by atoms with Crippen LogP contribution in [0.5, 0.6) is 5.75 Å². The third-order valence-electron chi connectivity index (χ3n) is 3.71. The van der Waals surface area contributed by atoms with Gasteiger partial charge in [0, 0.05) is 29.2 Å². The molecule has 0 saturated carbocycles. The Balaban J connectivity index is 1.69. The molecule has 1 fully saturated rings. The maximum Gasteiger partial charge on any atom is 0.268 e. The second kappa shape index (κ2) is 6.30. The van der Waals surface area contributed by atoms with Crippen molar-refractivity contribution in [3.63, 3.8) is 0 Å². The van der Waals surface area contributed by atoms with Gasteiger partial charge in [-0.05, 0) is 48.5 Å². The summed E-state index contributed by atoms with van der Waals surface area (Å²) in [4.78, 5) is 25.2. The van der Waals surface area contributed by atoms with E-state index in [2.05, 4.69) is 0 Å². The van der Waals surface area contributed by atoms with Crippen molar-refractivity contribution in [3.8, 4) is 5.75 Å². The number of hydrogen-bond donors (Lipinski definition) is 1. The minimum absolute atomic E-state index is 0.0914. The van der Waals surface area contributed by atoms with Crippen LogP contribution in [0.15, 0.2) is 48.5 Å². The lowest BCUT2D eigenvalue weighted by molar-refractivity contribution is -0.122. The molecule has 0 aromatic heterocycles. The first-order valence-corrected chi connectivity index (χ1v) is 7.56. The van der Waals surface area contributed by atoms with Crippen molar-refractivity contribution in [1.29, 1.82) is 0 Å². The minimum Gasteiger partial charge on any atom is -0.481 e. The zero-order chi connectivity index (χ0) is 16.4. The van der Waals surface area contributed by atoms with Crippen molar-refractivity contribution in [3.05, 3.63) is 59.1 Å². The van der Waals surface area contributed by atoms with E-state index in [9.17, 15) is 9.59 Å². The van der Waals surface area contributed by atoms with Gasteiger partial charge < -0.3 is 15.4 Å². The van der Waals surface area contributed by atoms with Gasteiger partial charge in [-0.25, -0.2) is 0 Å². The Morgan fingerprint density at radius 1 is 1.13 bits per heavy atom. The molecule has 1 heterocycles. The first-order chi connectivity index (χ1) is 11.0. The van der Waals surface area contributed by atoms with Gasteiger partial charge in [-0.2, -0.15) is 0 Å². The zero-order valence-corrected chi connectivity index (χ0v) is 13.0. The first kappa shape index (κ1) is 15.4. The Morgan fingerprint density at radius 3 is 2.39 bits per heavy atom. The van der Waals surface area contributed by atoms with Gasteiger partial charge in [0.1, 0.15) is 5.75 Å². The summed E-state index contributed by atoms with van der Waals surface area (Å²) in [6.07, 6.45) is 0.0593. The molecule has 0 radical (unpaired) electrons.